The highest BCUT2D eigenvalue weighted by molar-refractivity contribution is 7.99. The smallest absolute Gasteiger partial charge is 0.251 e. The van der Waals surface area contributed by atoms with Gasteiger partial charge >= 0.3 is 0 Å². The Morgan fingerprint density at radius 3 is 2.71 bits per heavy atom. The van der Waals surface area contributed by atoms with Crippen molar-refractivity contribution in [1.82, 2.24) is 30.3 Å². The van der Waals surface area contributed by atoms with Gasteiger partial charge in [0.15, 0.2) is 5.16 Å². The van der Waals surface area contributed by atoms with Crippen LogP contribution in [0, 0.1) is 0 Å². The molecule has 1 fully saturated rings. The van der Waals surface area contributed by atoms with Crippen LogP contribution in [0.25, 0.3) is 0 Å². The highest BCUT2D eigenvalue weighted by atomic mass is 35.5. The third-order valence-corrected chi connectivity index (χ3v) is 6.88. The fourth-order valence-corrected chi connectivity index (χ4v) is 4.53. The lowest BCUT2D eigenvalue weighted by atomic mass is 10.2. The first-order valence-corrected chi connectivity index (χ1v) is 11.9. The SMILES string of the molecule is Cn1c(CCNC(=O)c2ccc(Cl)cc2)nnc1SCC(=O)Nc1nnc(C2CC2)s1. The third kappa shape index (κ3) is 5.81. The predicted octanol–water partition coefficient (Wildman–Crippen LogP) is 2.90. The Labute approximate surface area is 192 Å². The Kier molecular flexibility index (Phi) is 6.83. The van der Waals surface area contributed by atoms with Crippen molar-refractivity contribution in [1.29, 1.82) is 0 Å². The van der Waals surface area contributed by atoms with Crippen LogP contribution in [0.15, 0.2) is 29.4 Å². The van der Waals surface area contributed by atoms with Crippen LogP contribution < -0.4 is 10.6 Å². The number of hydrogen-bond acceptors (Lipinski definition) is 8. The van der Waals surface area contributed by atoms with E-state index in [4.69, 9.17) is 11.6 Å². The quantitative estimate of drug-likeness (QED) is 0.455. The fourth-order valence-electron chi connectivity index (χ4n) is 2.75. The average molecular weight is 478 g/mol. The molecule has 0 radical (unpaired) electrons. The van der Waals surface area contributed by atoms with Crippen molar-refractivity contribution in [2.45, 2.75) is 30.3 Å². The largest absolute Gasteiger partial charge is 0.352 e. The summed E-state index contributed by atoms with van der Waals surface area (Å²) >= 11 is 8.56. The first kappa shape index (κ1) is 21.7. The molecule has 162 valence electrons. The summed E-state index contributed by atoms with van der Waals surface area (Å²) in [5.74, 6) is 1.09. The number of carbonyl (C=O) groups excluding carboxylic acids is 2. The van der Waals surface area contributed by atoms with Crippen LogP contribution in [0.5, 0.6) is 0 Å². The van der Waals surface area contributed by atoms with Gasteiger partial charge in [-0.1, -0.05) is 34.7 Å². The molecule has 12 heteroatoms. The van der Waals surface area contributed by atoms with Gasteiger partial charge in [0.1, 0.15) is 10.8 Å². The van der Waals surface area contributed by atoms with Gasteiger partial charge in [0.05, 0.1) is 5.75 Å². The number of carbonyl (C=O) groups is 2. The summed E-state index contributed by atoms with van der Waals surface area (Å²) in [6.07, 6.45) is 2.82. The Morgan fingerprint density at radius 1 is 1.19 bits per heavy atom. The molecule has 4 rings (SSSR count). The molecule has 1 saturated carbocycles. The summed E-state index contributed by atoms with van der Waals surface area (Å²) in [7, 11) is 1.84. The first-order chi connectivity index (χ1) is 15.0. The number of thioether (sulfide) groups is 1. The molecule has 9 nitrogen and oxygen atoms in total. The summed E-state index contributed by atoms with van der Waals surface area (Å²) in [6, 6.07) is 6.70. The molecule has 2 N–H and O–H groups in total. The minimum absolute atomic E-state index is 0.164. The van der Waals surface area contributed by atoms with Crippen molar-refractivity contribution in [3.05, 3.63) is 45.7 Å². The standard InChI is InChI=1S/C19H20ClN7O2S2/c1-27-14(8-9-21-16(29)11-4-6-13(20)7-5-11)23-26-19(27)30-10-15(28)22-18-25-24-17(31-18)12-2-3-12/h4-7,12H,2-3,8-10H2,1H3,(H,21,29)(H,22,25,28). The van der Waals surface area contributed by atoms with E-state index in [0.29, 0.717) is 39.8 Å². The molecule has 1 aliphatic rings. The second kappa shape index (κ2) is 9.75. The van der Waals surface area contributed by atoms with E-state index in [9.17, 15) is 9.59 Å². The minimum atomic E-state index is -0.174. The summed E-state index contributed by atoms with van der Waals surface area (Å²) in [5, 5.41) is 24.8. The molecule has 2 heterocycles. The molecule has 2 amide bonds. The number of nitrogens with one attached hydrogen (secondary N) is 2. The molecular formula is C19H20ClN7O2S2. The Balaban J connectivity index is 1.22. The van der Waals surface area contributed by atoms with E-state index >= 15 is 0 Å². The van der Waals surface area contributed by atoms with E-state index in [1.54, 1.807) is 24.3 Å². The third-order valence-electron chi connectivity index (χ3n) is 4.61. The van der Waals surface area contributed by atoms with Crippen molar-refractivity contribution >= 4 is 51.6 Å². The molecule has 1 aromatic carbocycles. The van der Waals surface area contributed by atoms with Gasteiger partial charge in [0, 0.05) is 36.5 Å². The van der Waals surface area contributed by atoms with Crippen molar-refractivity contribution in [3.63, 3.8) is 0 Å². The normalized spacial score (nSPS) is 13.2. The highest BCUT2D eigenvalue weighted by Crippen LogP contribution is 2.42. The van der Waals surface area contributed by atoms with Crippen molar-refractivity contribution in [2.24, 2.45) is 7.05 Å². The van der Waals surface area contributed by atoms with Crippen molar-refractivity contribution in [2.75, 3.05) is 17.6 Å². The number of benzene rings is 1. The van der Waals surface area contributed by atoms with E-state index in [1.807, 2.05) is 11.6 Å². The average Bonchev–Trinajstić information content (AvgIpc) is 3.41. The molecule has 31 heavy (non-hydrogen) atoms. The predicted molar refractivity (Wildman–Crippen MR) is 120 cm³/mol. The van der Waals surface area contributed by atoms with Gasteiger partial charge in [-0.3, -0.25) is 14.9 Å². The van der Waals surface area contributed by atoms with E-state index in [1.165, 1.54) is 23.1 Å². The maximum Gasteiger partial charge on any atom is 0.251 e. The fraction of sp³-hybridized carbons (Fsp3) is 0.368. The molecule has 1 aliphatic carbocycles. The number of anilines is 1. The summed E-state index contributed by atoms with van der Waals surface area (Å²) < 4.78 is 1.82. The number of halogens is 1. The zero-order valence-electron chi connectivity index (χ0n) is 16.7. The topological polar surface area (TPSA) is 115 Å². The van der Waals surface area contributed by atoms with Crippen LogP contribution in [0.4, 0.5) is 5.13 Å². The van der Waals surface area contributed by atoms with E-state index in [0.717, 1.165) is 23.7 Å². The van der Waals surface area contributed by atoms with Gasteiger partial charge in [-0.25, -0.2) is 0 Å². The molecule has 0 saturated heterocycles. The number of amides is 2. The van der Waals surface area contributed by atoms with Gasteiger partial charge in [-0.15, -0.1) is 20.4 Å². The Morgan fingerprint density at radius 2 is 1.97 bits per heavy atom. The summed E-state index contributed by atoms with van der Waals surface area (Å²) in [4.78, 5) is 24.3. The molecule has 0 spiro atoms. The van der Waals surface area contributed by atoms with Crippen molar-refractivity contribution < 1.29 is 9.59 Å². The summed E-state index contributed by atoms with van der Waals surface area (Å²) in [6.45, 7) is 0.416. The maximum absolute atomic E-state index is 12.2. The molecule has 2 aromatic heterocycles. The number of hydrogen-bond donors (Lipinski definition) is 2. The van der Waals surface area contributed by atoms with Crippen LogP contribution >= 0.6 is 34.7 Å². The lowest BCUT2D eigenvalue weighted by Crippen LogP contribution is -2.26. The highest BCUT2D eigenvalue weighted by Gasteiger charge is 2.27. The van der Waals surface area contributed by atoms with Gasteiger partial charge in [-0.2, -0.15) is 0 Å². The van der Waals surface area contributed by atoms with Crippen LogP contribution in [-0.4, -0.2) is 49.1 Å². The number of aromatic nitrogens is 5. The molecule has 0 bridgehead atoms. The molecule has 3 aromatic rings. The van der Waals surface area contributed by atoms with Gasteiger partial charge < -0.3 is 9.88 Å². The lowest BCUT2D eigenvalue weighted by molar-refractivity contribution is -0.113. The Hall–Kier alpha value is -2.50. The second-order valence-corrected chi connectivity index (χ2v) is 9.42. The molecule has 0 unspecified atom stereocenters. The van der Waals surface area contributed by atoms with E-state index in [2.05, 4.69) is 31.0 Å². The van der Waals surface area contributed by atoms with E-state index in [-0.39, 0.29) is 17.6 Å². The zero-order chi connectivity index (χ0) is 21.8. The molecule has 0 aliphatic heterocycles. The van der Waals surface area contributed by atoms with Crippen LogP contribution in [0.2, 0.25) is 5.02 Å². The van der Waals surface area contributed by atoms with Crippen LogP contribution in [-0.2, 0) is 18.3 Å². The molecule has 0 atom stereocenters. The maximum atomic E-state index is 12.2. The lowest BCUT2D eigenvalue weighted by Gasteiger charge is -2.06. The second-order valence-electron chi connectivity index (χ2n) is 7.03. The van der Waals surface area contributed by atoms with E-state index < -0.39 is 0 Å². The summed E-state index contributed by atoms with van der Waals surface area (Å²) in [5.41, 5.74) is 0.546. The number of nitrogens with zero attached hydrogens (tertiary/aromatic N) is 5. The Bertz CT molecular complexity index is 1080. The van der Waals surface area contributed by atoms with Gasteiger partial charge in [-0.05, 0) is 37.1 Å². The zero-order valence-corrected chi connectivity index (χ0v) is 19.1. The minimum Gasteiger partial charge on any atom is -0.352 e. The first-order valence-electron chi connectivity index (χ1n) is 9.67. The molecular weight excluding hydrogens is 458 g/mol. The number of rotatable bonds is 9. The monoisotopic (exact) mass is 477 g/mol. The van der Waals surface area contributed by atoms with Crippen molar-refractivity contribution in [3.8, 4) is 0 Å². The van der Waals surface area contributed by atoms with Crippen LogP contribution in [0.1, 0.15) is 39.9 Å². The van der Waals surface area contributed by atoms with Crippen LogP contribution in [0.3, 0.4) is 0 Å². The van der Waals surface area contributed by atoms with Gasteiger partial charge in [0.25, 0.3) is 5.91 Å². The van der Waals surface area contributed by atoms with Gasteiger partial charge in [0.2, 0.25) is 11.0 Å².